The lowest BCUT2D eigenvalue weighted by atomic mass is 9.82. The topological polar surface area (TPSA) is 75.6 Å². The number of nitrogens with zero attached hydrogens (tertiary/aromatic N) is 1. The minimum Gasteiger partial charge on any atom is -0.453 e. The summed E-state index contributed by atoms with van der Waals surface area (Å²) >= 11 is 6.15. The van der Waals surface area contributed by atoms with Gasteiger partial charge in [0.05, 0.1) is 30.2 Å². The van der Waals surface area contributed by atoms with Crippen LogP contribution in [0.1, 0.15) is 40.7 Å². The van der Waals surface area contributed by atoms with Gasteiger partial charge in [-0.2, -0.15) is 0 Å². The maximum atomic E-state index is 13.7. The molecule has 3 aromatic carbocycles. The Bertz CT molecular complexity index is 1220. The molecule has 7 heteroatoms. The van der Waals surface area contributed by atoms with Crippen molar-refractivity contribution >= 4 is 23.5 Å². The van der Waals surface area contributed by atoms with Crippen LogP contribution in [-0.4, -0.2) is 60.3 Å². The van der Waals surface area contributed by atoms with Crippen molar-refractivity contribution in [3.8, 4) is 0 Å². The zero-order valence-electron chi connectivity index (χ0n) is 21.4. The first-order valence-electron chi connectivity index (χ1n) is 13.3. The van der Waals surface area contributed by atoms with Crippen LogP contribution in [0.25, 0.3) is 0 Å². The predicted molar refractivity (Wildman–Crippen MR) is 147 cm³/mol. The highest BCUT2D eigenvalue weighted by atomic mass is 35.5. The summed E-state index contributed by atoms with van der Waals surface area (Å²) in [7, 11) is 0. The maximum Gasteiger partial charge on any atom is 0.348 e. The number of piperidine rings is 3. The predicted octanol–water partition coefficient (Wildman–Crippen LogP) is 4.55. The number of carbonyl (C=O) groups is 2. The molecule has 0 saturated carbocycles. The molecule has 38 heavy (non-hydrogen) atoms. The molecular formula is C31H34ClN2O4+. The molecule has 3 fully saturated rings. The number of rotatable bonds is 9. The second-order valence-corrected chi connectivity index (χ2v) is 10.9. The van der Waals surface area contributed by atoms with Crippen LogP contribution >= 0.6 is 11.6 Å². The van der Waals surface area contributed by atoms with Crippen molar-refractivity contribution in [2.75, 3.05) is 32.7 Å². The monoisotopic (exact) mass is 533 g/mol. The van der Waals surface area contributed by atoms with E-state index in [1.807, 2.05) is 36.4 Å². The third-order valence-corrected chi connectivity index (χ3v) is 8.52. The quantitative estimate of drug-likeness (QED) is 0.240. The Morgan fingerprint density at radius 1 is 0.921 bits per heavy atom. The first kappa shape index (κ1) is 26.4. The maximum absolute atomic E-state index is 13.7. The first-order valence-corrected chi connectivity index (χ1v) is 13.7. The molecule has 0 radical (unpaired) electrons. The lowest BCUT2D eigenvalue weighted by molar-refractivity contribution is -0.946. The number of benzene rings is 3. The van der Waals surface area contributed by atoms with Gasteiger partial charge in [0.15, 0.2) is 6.10 Å². The minimum absolute atomic E-state index is 0.166. The Hall–Kier alpha value is -3.19. The van der Waals surface area contributed by atoms with Crippen LogP contribution < -0.4 is 5.32 Å². The van der Waals surface area contributed by atoms with E-state index in [2.05, 4.69) is 5.32 Å². The number of amides is 1. The zero-order valence-corrected chi connectivity index (χ0v) is 22.1. The van der Waals surface area contributed by atoms with Crippen molar-refractivity contribution in [1.82, 2.24) is 5.32 Å². The van der Waals surface area contributed by atoms with E-state index in [1.165, 1.54) is 0 Å². The van der Waals surface area contributed by atoms with Crippen molar-refractivity contribution < 1.29 is 23.9 Å². The van der Waals surface area contributed by atoms with Crippen LogP contribution in [0.4, 0.5) is 0 Å². The molecule has 3 aliphatic heterocycles. The lowest BCUT2D eigenvalue weighted by Gasteiger charge is -2.52. The van der Waals surface area contributed by atoms with E-state index in [4.69, 9.17) is 16.3 Å². The number of nitrogens with one attached hydrogen (secondary N) is 1. The van der Waals surface area contributed by atoms with E-state index in [-0.39, 0.29) is 12.0 Å². The molecule has 0 unspecified atom stereocenters. The van der Waals surface area contributed by atoms with Gasteiger partial charge in [-0.25, -0.2) is 4.79 Å². The van der Waals surface area contributed by atoms with Gasteiger partial charge in [0.1, 0.15) is 6.54 Å². The molecule has 1 amide bonds. The summed E-state index contributed by atoms with van der Waals surface area (Å²) in [5.74, 6) is -0.491. The molecule has 2 bridgehead atoms. The zero-order chi connectivity index (χ0) is 26.6. The second-order valence-electron chi connectivity index (χ2n) is 10.5. The Morgan fingerprint density at radius 3 is 2.11 bits per heavy atom. The molecule has 3 aliphatic rings. The van der Waals surface area contributed by atoms with Crippen molar-refractivity contribution in [2.24, 2.45) is 5.92 Å². The standard InChI is InChI=1S/C31H33ClN2O4/c32-27-15-8-7-14-26(27)29(35)33-18-9-19-34-20-16-23(17-21-34)28(22-34)38-30(36)31(37,24-10-3-1-4-11-24)25-12-5-2-6-13-25/h1-8,10-15,23,28,37H,9,16-22H2/p+1/t23?,28-,34?/m0/s1. The number of halogens is 1. The van der Waals surface area contributed by atoms with E-state index in [9.17, 15) is 14.7 Å². The number of fused-ring (bicyclic) bond motifs is 3. The summed E-state index contributed by atoms with van der Waals surface area (Å²) in [4.78, 5) is 26.2. The Balaban J connectivity index is 1.23. The highest BCUT2D eigenvalue weighted by molar-refractivity contribution is 6.33. The Labute approximate surface area is 228 Å². The molecule has 3 heterocycles. The van der Waals surface area contributed by atoms with E-state index >= 15 is 0 Å². The van der Waals surface area contributed by atoms with Crippen LogP contribution in [0.15, 0.2) is 84.9 Å². The molecule has 0 spiro atoms. The summed E-state index contributed by atoms with van der Waals surface area (Å²) in [6.07, 6.45) is 2.54. The van der Waals surface area contributed by atoms with Crippen LogP contribution in [-0.2, 0) is 15.1 Å². The normalized spacial score (nSPS) is 22.6. The Morgan fingerprint density at radius 2 is 1.50 bits per heavy atom. The van der Waals surface area contributed by atoms with Crippen LogP contribution in [0, 0.1) is 5.92 Å². The van der Waals surface area contributed by atoms with E-state index in [1.54, 1.807) is 48.5 Å². The van der Waals surface area contributed by atoms with Crippen LogP contribution in [0.5, 0.6) is 0 Å². The van der Waals surface area contributed by atoms with Gasteiger partial charge < -0.3 is 19.6 Å². The van der Waals surface area contributed by atoms with Gasteiger partial charge >= 0.3 is 5.97 Å². The fraction of sp³-hybridized carbons (Fsp3) is 0.355. The number of esters is 1. The van der Waals surface area contributed by atoms with Crippen molar-refractivity contribution in [3.05, 3.63) is 107 Å². The fourth-order valence-electron chi connectivity index (χ4n) is 6.01. The molecular weight excluding hydrogens is 500 g/mol. The summed E-state index contributed by atoms with van der Waals surface area (Å²) in [6.45, 7) is 4.26. The average Bonchev–Trinajstić information content (AvgIpc) is 2.96. The molecule has 6 rings (SSSR count). The summed E-state index contributed by atoms with van der Waals surface area (Å²) < 4.78 is 7.02. The third-order valence-electron chi connectivity index (χ3n) is 8.19. The Kier molecular flexibility index (Phi) is 7.84. The van der Waals surface area contributed by atoms with Crippen molar-refractivity contribution in [1.29, 1.82) is 0 Å². The average molecular weight is 534 g/mol. The molecule has 198 valence electrons. The van der Waals surface area contributed by atoms with Gasteiger partial charge in [-0.15, -0.1) is 0 Å². The smallest absolute Gasteiger partial charge is 0.348 e. The molecule has 0 aromatic heterocycles. The second kappa shape index (κ2) is 11.3. The summed E-state index contributed by atoms with van der Waals surface area (Å²) in [6, 6.07) is 25.1. The highest BCUT2D eigenvalue weighted by Crippen LogP contribution is 2.38. The third kappa shape index (κ3) is 5.35. The molecule has 3 saturated heterocycles. The molecule has 2 N–H and O–H groups in total. The molecule has 1 atom stereocenters. The number of aliphatic hydroxyl groups is 1. The highest BCUT2D eigenvalue weighted by Gasteiger charge is 2.50. The first-order chi connectivity index (χ1) is 18.4. The fourth-order valence-corrected chi connectivity index (χ4v) is 6.23. The van der Waals surface area contributed by atoms with E-state index in [0.717, 1.165) is 49.9 Å². The van der Waals surface area contributed by atoms with Gasteiger partial charge in [-0.3, -0.25) is 4.79 Å². The van der Waals surface area contributed by atoms with Crippen molar-refractivity contribution in [3.63, 3.8) is 0 Å². The van der Waals surface area contributed by atoms with Crippen LogP contribution in [0.3, 0.4) is 0 Å². The largest absolute Gasteiger partial charge is 0.453 e. The number of carbonyl (C=O) groups excluding carboxylic acids is 2. The van der Waals surface area contributed by atoms with Gasteiger partial charge in [0, 0.05) is 31.7 Å². The summed E-state index contributed by atoms with van der Waals surface area (Å²) in [5.41, 5.74) is -0.398. The minimum atomic E-state index is -1.87. The van der Waals surface area contributed by atoms with Gasteiger partial charge in [-0.05, 0) is 23.3 Å². The number of ether oxygens (including phenoxy) is 1. The molecule has 3 aromatic rings. The molecule has 0 aliphatic carbocycles. The van der Waals surface area contributed by atoms with Crippen LogP contribution in [0.2, 0.25) is 5.02 Å². The van der Waals surface area contributed by atoms with E-state index < -0.39 is 11.6 Å². The lowest BCUT2D eigenvalue weighted by Crippen LogP contribution is -2.65. The van der Waals surface area contributed by atoms with E-state index in [0.29, 0.717) is 34.2 Å². The van der Waals surface area contributed by atoms with Gasteiger partial charge in [-0.1, -0.05) is 84.4 Å². The SMILES string of the molecule is O=C(NCCC[N+]12CCC(CC1)[C@@H](OC(=O)C(O)(c1ccccc1)c1ccccc1)C2)c1ccccc1Cl. The van der Waals surface area contributed by atoms with Crippen molar-refractivity contribution in [2.45, 2.75) is 31.0 Å². The van der Waals surface area contributed by atoms with Gasteiger partial charge in [0.25, 0.3) is 5.91 Å². The number of quaternary nitrogens is 1. The van der Waals surface area contributed by atoms with Gasteiger partial charge in [0.2, 0.25) is 5.60 Å². The summed E-state index contributed by atoms with van der Waals surface area (Å²) in [5, 5.41) is 15.2. The molecule has 6 nitrogen and oxygen atoms in total. The number of hydrogen-bond donors (Lipinski definition) is 2. The number of hydrogen-bond acceptors (Lipinski definition) is 4.